The van der Waals surface area contributed by atoms with Gasteiger partial charge in [-0.3, -0.25) is 0 Å². The zero-order chi connectivity index (χ0) is 14.3. The first-order valence-corrected chi connectivity index (χ1v) is 7.23. The Bertz CT molecular complexity index is 625. The molecule has 0 radical (unpaired) electrons. The number of rotatable bonds is 3. The molecule has 3 rings (SSSR count). The Hall–Kier alpha value is -1.74. The van der Waals surface area contributed by atoms with Crippen molar-refractivity contribution in [1.82, 2.24) is 9.97 Å². The van der Waals surface area contributed by atoms with Gasteiger partial charge in [-0.2, -0.15) is 0 Å². The normalized spacial score (nSPS) is 16.4. The van der Waals surface area contributed by atoms with E-state index in [0.717, 1.165) is 35.6 Å². The molecule has 1 aliphatic carbocycles. The lowest BCUT2D eigenvalue weighted by Gasteiger charge is -2.11. The predicted molar refractivity (Wildman–Crippen MR) is 81.4 cm³/mol. The molecule has 1 fully saturated rings. The molecule has 0 spiro atoms. The summed E-state index contributed by atoms with van der Waals surface area (Å²) in [6, 6.07) is 10.6. The molecule has 1 saturated carbocycles. The largest absolute Gasteiger partial charge is 0.319 e. The average molecular weight is 267 g/mol. The van der Waals surface area contributed by atoms with Crippen molar-refractivity contribution >= 4 is 0 Å². The standard InChI is InChI=1S/C17H21N3/c1-11(2)13-4-6-14(7-5-13)15-10-12(3)19-16(20-15)17(18)8-9-17/h4-7,10-11H,8-9,18H2,1-3H3. The highest BCUT2D eigenvalue weighted by Gasteiger charge is 2.43. The maximum Gasteiger partial charge on any atom is 0.149 e. The first-order valence-electron chi connectivity index (χ1n) is 7.23. The van der Waals surface area contributed by atoms with Gasteiger partial charge < -0.3 is 5.73 Å². The first kappa shape index (κ1) is 13.3. The molecule has 0 atom stereocenters. The Morgan fingerprint density at radius 2 is 1.75 bits per heavy atom. The predicted octanol–water partition coefficient (Wildman–Crippen LogP) is 3.52. The fourth-order valence-electron chi connectivity index (χ4n) is 2.34. The van der Waals surface area contributed by atoms with Crippen LogP contribution in [0.25, 0.3) is 11.3 Å². The topological polar surface area (TPSA) is 51.8 Å². The lowest BCUT2D eigenvalue weighted by Crippen LogP contribution is -2.22. The molecular formula is C17H21N3. The maximum absolute atomic E-state index is 6.22. The molecule has 0 unspecified atom stereocenters. The quantitative estimate of drug-likeness (QED) is 0.925. The van der Waals surface area contributed by atoms with E-state index in [0.29, 0.717) is 5.92 Å². The van der Waals surface area contributed by atoms with Gasteiger partial charge in [-0.05, 0) is 37.3 Å². The van der Waals surface area contributed by atoms with E-state index in [1.54, 1.807) is 0 Å². The number of benzene rings is 1. The molecular weight excluding hydrogens is 246 g/mol. The highest BCUT2D eigenvalue weighted by atomic mass is 15.0. The number of nitrogens with zero attached hydrogens (tertiary/aromatic N) is 2. The number of hydrogen-bond donors (Lipinski definition) is 1. The number of hydrogen-bond acceptors (Lipinski definition) is 3. The SMILES string of the molecule is Cc1cc(-c2ccc(C(C)C)cc2)nc(C2(N)CC2)n1. The Morgan fingerprint density at radius 3 is 2.30 bits per heavy atom. The second kappa shape index (κ2) is 4.67. The van der Waals surface area contributed by atoms with Gasteiger partial charge in [-0.15, -0.1) is 0 Å². The number of nitrogens with two attached hydrogens (primary N) is 1. The van der Waals surface area contributed by atoms with Gasteiger partial charge in [-0.1, -0.05) is 38.1 Å². The minimum absolute atomic E-state index is 0.279. The minimum atomic E-state index is -0.279. The molecule has 0 aliphatic heterocycles. The van der Waals surface area contributed by atoms with E-state index in [-0.39, 0.29) is 5.54 Å². The fraction of sp³-hybridized carbons (Fsp3) is 0.412. The second-order valence-corrected chi connectivity index (χ2v) is 6.15. The summed E-state index contributed by atoms with van der Waals surface area (Å²) in [5.41, 5.74) is 10.4. The summed E-state index contributed by atoms with van der Waals surface area (Å²) in [4.78, 5) is 9.18. The van der Waals surface area contributed by atoms with Crippen molar-refractivity contribution in [2.24, 2.45) is 5.73 Å². The number of aryl methyl sites for hydroxylation is 1. The van der Waals surface area contributed by atoms with Crippen LogP contribution in [0.1, 0.15) is 49.7 Å². The van der Waals surface area contributed by atoms with Gasteiger partial charge in [0.25, 0.3) is 0 Å². The van der Waals surface area contributed by atoms with Crippen LogP contribution in [0.4, 0.5) is 0 Å². The molecule has 0 bridgehead atoms. The third-order valence-electron chi connectivity index (χ3n) is 3.96. The highest BCUT2D eigenvalue weighted by molar-refractivity contribution is 5.60. The summed E-state index contributed by atoms with van der Waals surface area (Å²) >= 11 is 0. The van der Waals surface area contributed by atoms with E-state index in [9.17, 15) is 0 Å². The van der Waals surface area contributed by atoms with Crippen LogP contribution in [0.5, 0.6) is 0 Å². The van der Waals surface area contributed by atoms with Crippen LogP contribution in [-0.4, -0.2) is 9.97 Å². The van der Waals surface area contributed by atoms with Gasteiger partial charge in [0.2, 0.25) is 0 Å². The van der Waals surface area contributed by atoms with Gasteiger partial charge in [-0.25, -0.2) is 9.97 Å². The second-order valence-electron chi connectivity index (χ2n) is 6.15. The monoisotopic (exact) mass is 267 g/mol. The van der Waals surface area contributed by atoms with Crippen LogP contribution in [0, 0.1) is 6.92 Å². The summed E-state index contributed by atoms with van der Waals surface area (Å²) in [6.07, 6.45) is 1.98. The van der Waals surface area contributed by atoms with Gasteiger partial charge in [0, 0.05) is 11.3 Å². The Morgan fingerprint density at radius 1 is 1.10 bits per heavy atom. The Balaban J connectivity index is 1.99. The smallest absolute Gasteiger partial charge is 0.149 e. The van der Waals surface area contributed by atoms with Crippen LogP contribution in [0.2, 0.25) is 0 Å². The van der Waals surface area contributed by atoms with Crippen LogP contribution in [-0.2, 0) is 5.54 Å². The fourth-order valence-corrected chi connectivity index (χ4v) is 2.34. The van der Waals surface area contributed by atoms with Gasteiger partial charge in [0.1, 0.15) is 5.82 Å². The molecule has 0 amide bonds. The number of aromatic nitrogens is 2. The average Bonchev–Trinajstić information content (AvgIpc) is 3.17. The van der Waals surface area contributed by atoms with Gasteiger partial charge in [0.15, 0.2) is 0 Å². The van der Waals surface area contributed by atoms with Gasteiger partial charge in [0.05, 0.1) is 11.2 Å². The van der Waals surface area contributed by atoms with Crippen LogP contribution >= 0.6 is 0 Å². The molecule has 1 aromatic carbocycles. The van der Waals surface area contributed by atoms with E-state index in [2.05, 4.69) is 48.1 Å². The van der Waals surface area contributed by atoms with E-state index >= 15 is 0 Å². The molecule has 1 aliphatic rings. The molecule has 0 saturated heterocycles. The molecule has 2 aromatic rings. The lowest BCUT2D eigenvalue weighted by atomic mass is 10.0. The third-order valence-corrected chi connectivity index (χ3v) is 3.96. The Kier molecular flexibility index (Phi) is 3.09. The van der Waals surface area contributed by atoms with Crippen LogP contribution in [0.15, 0.2) is 30.3 Å². The zero-order valence-corrected chi connectivity index (χ0v) is 12.4. The van der Waals surface area contributed by atoms with Crippen molar-refractivity contribution in [3.8, 4) is 11.3 Å². The molecule has 20 heavy (non-hydrogen) atoms. The van der Waals surface area contributed by atoms with E-state index in [1.165, 1.54) is 5.56 Å². The van der Waals surface area contributed by atoms with E-state index < -0.39 is 0 Å². The van der Waals surface area contributed by atoms with Crippen molar-refractivity contribution in [2.75, 3.05) is 0 Å². The van der Waals surface area contributed by atoms with Gasteiger partial charge >= 0.3 is 0 Å². The zero-order valence-electron chi connectivity index (χ0n) is 12.4. The molecule has 1 heterocycles. The highest BCUT2D eigenvalue weighted by Crippen LogP contribution is 2.41. The maximum atomic E-state index is 6.22. The molecule has 1 aromatic heterocycles. The Labute approximate surface area is 120 Å². The van der Waals surface area contributed by atoms with E-state index in [1.807, 2.05) is 13.0 Å². The third kappa shape index (κ3) is 2.46. The summed E-state index contributed by atoms with van der Waals surface area (Å²) in [6.45, 7) is 6.41. The molecule has 3 nitrogen and oxygen atoms in total. The summed E-state index contributed by atoms with van der Waals surface area (Å²) < 4.78 is 0. The van der Waals surface area contributed by atoms with Crippen molar-refractivity contribution < 1.29 is 0 Å². The van der Waals surface area contributed by atoms with E-state index in [4.69, 9.17) is 5.73 Å². The van der Waals surface area contributed by atoms with Crippen molar-refractivity contribution in [3.05, 3.63) is 47.4 Å². The van der Waals surface area contributed by atoms with Crippen molar-refractivity contribution in [2.45, 2.75) is 45.1 Å². The summed E-state index contributed by atoms with van der Waals surface area (Å²) in [5.74, 6) is 1.34. The summed E-state index contributed by atoms with van der Waals surface area (Å²) in [7, 11) is 0. The minimum Gasteiger partial charge on any atom is -0.319 e. The summed E-state index contributed by atoms with van der Waals surface area (Å²) in [5, 5.41) is 0. The van der Waals surface area contributed by atoms with Crippen LogP contribution < -0.4 is 5.73 Å². The molecule has 2 N–H and O–H groups in total. The molecule has 3 heteroatoms. The molecule has 104 valence electrons. The van der Waals surface area contributed by atoms with Crippen molar-refractivity contribution in [1.29, 1.82) is 0 Å². The van der Waals surface area contributed by atoms with Crippen molar-refractivity contribution in [3.63, 3.8) is 0 Å². The lowest BCUT2D eigenvalue weighted by molar-refractivity contribution is 0.669. The van der Waals surface area contributed by atoms with Crippen LogP contribution in [0.3, 0.4) is 0 Å². The first-order chi connectivity index (χ1) is 9.48.